The minimum absolute atomic E-state index is 0.998. The second kappa shape index (κ2) is 5.29. The maximum Gasteiger partial charge on any atom is 0.144 e. The molecule has 0 radical (unpaired) electrons. The van der Waals surface area contributed by atoms with Gasteiger partial charge in [-0.15, -0.1) is 0 Å². The monoisotopic (exact) mass is 261 g/mol. The molecule has 104 valence electrons. The molecule has 0 atom stereocenters. The summed E-state index contributed by atoms with van der Waals surface area (Å²) in [5.41, 5.74) is 3.94. The first kappa shape index (κ1) is 12.6. The molecule has 1 fully saturated rings. The van der Waals surface area contributed by atoms with Crippen molar-refractivity contribution in [3.05, 3.63) is 17.7 Å². The molecular formula is C15H23N3O. The van der Waals surface area contributed by atoms with Crippen LogP contribution in [0.1, 0.15) is 12.0 Å². The first-order chi connectivity index (χ1) is 9.28. The molecule has 4 heteroatoms. The van der Waals surface area contributed by atoms with Gasteiger partial charge in [-0.2, -0.15) is 0 Å². The highest BCUT2D eigenvalue weighted by molar-refractivity contribution is 5.69. The average molecular weight is 261 g/mol. The minimum atomic E-state index is 0.998. The number of methoxy groups -OCH3 is 1. The zero-order valence-electron chi connectivity index (χ0n) is 11.9. The van der Waals surface area contributed by atoms with Crippen LogP contribution in [0.5, 0.6) is 5.75 Å². The maximum absolute atomic E-state index is 5.60. The van der Waals surface area contributed by atoms with Gasteiger partial charge in [0.15, 0.2) is 0 Å². The van der Waals surface area contributed by atoms with E-state index in [9.17, 15) is 0 Å². The van der Waals surface area contributed by atoms with E-state index in [4.69, 9.17) is 4.74 Å². The number of hydrogen-bond acceptors (Lipinski definition) is 4. The van der Waals surface area contributed by atoms with Gasteiger partial charge in [0, 0.05) is 44.5 Å². The van der Waals surface area contributed by atoms with E-state index in [0.717, 1.165) is 38.5 Å². The van der Waals surface area contributed by atoms with Gasteiger partial charge in [-0.05, 0) is 31.5 Å². The number of fused-ring (bicyclic) bond motifs is 1. The Morgan fingerprint density at radius 1 is 1.16 bits per heavy atom. The highest BCUT2D eigenvalue weighted by atomic mass is 16.5. The van der Waals surface area contributed by atoms with Crippen LogP contribution in [0.3, 0.4) is 0 Å². The highest BCUT2D eigenvalue weighted by Gasteiger charge is 2.20. The molecule has 19 heavy (non-hydrogen) atoms. The van der Waals surface area contributed by atoms with E-state index in [1.165, 1.54) is 29.8 Å². The molecule has 4 nitrogen and oxygen atoms in total. The first-order valence-electron chi connectivity index (χ1n) is 7.16. The Balaban J connectivity index is 1.91. The smallest absolute Gasteiger partial charge is 0.144 e. The lowest BCUT2D eigenvalue weighted by Gasteiger charge is -2.35. The Kier molecular flexibility index (Phi) is 3.51. The predicted octanol–water partition coefficient (Wildman–Crippen LogP) is 1.81. The molecule has 3 rings (SSSR count). The number of rotatable bonds is 2. The summed E-state index contributed by atoms with van der Waals surface area (Å²) in [6, 6.07) is 4.49. The standard InChI is InChI=1S/C15H23N3O/c1-17-6-8-18(9-7-17)14-10-12-4-3-5-16-13(12)11-15(14)19-2/h10-11,16H,3-9H2,1-2H3. The summed E-state index contributed by atoms with van der Waals surface area (Å²) < 4.78 is 5.60. The fraction of sp³-hybridized carbons (Fsp3) is 0.600. The summed E-state index contributed by atoms with van der Waals surface area (Å²) in [6.45, 7) is 5.49. The number of ether oxygens (including phenoxy) is 1. The van der Waals surface area contributed by atoms with Crippen LogP contribution >= 0.6 is 0 Å². The fourth-order valence-corrected chi connectivity index (χ4v) is 2.94. The van der Waals surface area contributed by atoms with Crippen LogP contribution in [0.25, 0.3) is 0 Å². The molecule has 1 N–H and O–H groups in total. The Bertz CT molecular complexity index is 453. The zero-order chi connectivity index (χ0) is 13.2. The largest absolute Gasteiger partial charge is 0.495 e. The Labute approximate surface area is 115 Å². The van der Waals surface area contributed by atoms with Gasteiger partial charge >= 0.3 is 0 Å². The van der Waals surface area contributed by atoms with Gasteiger partial charge in [-0.3, -0.25) is 0 Å². The van der Waals surface area contributed by atoms with Crippen LogP contribution < -0.4 is 15.0 Å². The Morgan fingerprint density at radius 3 is 2.68 bits per heavy atom. The average Bonchev–Trinajstić information content (AvgIpc) is 2.46. The van der Waals surface area contributed by atoms with E-state index in [0.29, 0.717) is 0 Å². The molecule has 2 heterocycles. The fourth-order valence-electron chi connectivity index (χ4n) is 2.94. The number of nitrogens with zero attached hydrogens (tertiary/aromatic N) is 2. The molecule has 0 unspecified atom stereocenters. The van der Waals surface area contributed by atoms with Crippen LogP contribution in [0.15, 0.2) is 12.1 Å². The summed E-state index contributed by atoms with van der Waals surface area (Å²) in [7, 11) is 3.95. The van der Waals surface area contributed by atoms with Crippen LogP contribution in [-0.4, -0.2) is 51.8 Å². The number of likely N-dealkylation sites (N-methyl/N-ethyl adjacent to an activating group) is 1. The van der Waals surface area contributed by atoms with Crippen molar-refractivity contribution >= 4 is 11.4 Å². The lowest BCUT2D eigenvalue weighted by Crippen LogP contribution is -2.44. The van der Waals surface area contributed by atoms with E-state index >= 15 is 0 Å². The summed E-state index contributed by atoms with van der Waals surface area (Å²) in [6.07, 6.45) is 2.40. The van der Waals surface area contributed by atoms with E-state index in [-0.39, 0.29) is 0 Å². The molecule has 0 amide bonds. The third-order valence-electron chi connectivity index (χ3n) is 4.19. The van der Waals surface area contributed by atoms with Crippen molar-refractivity contribution in [2.75, 3.05) is 57.1 Å². The van der Waals surface area contributed by atoms with Crippen LogP contribution in [0, 0.1) is 0 Å². The normalized spacial score (nSPS) is 19.8. The third-order valence-corrected chi connectivity index (χ3v) is 4.19. The molecule has 1 aromatic carbocycles. The maximum atomic E-state index is 5.60. The molecule has 0 aliphatic carbocycles. The van der Waals surface area contributed by atoms with Gasteiger partial charge in [-0.25, -0.2) is 0 Å². The van der Waals surface area contributed by atoms with Crippen molar-refractivity contribution in [2.45, 2.75) is 12.8 Å². The van der Waals surface area contributed by atoms with Crippen molar-refractivity contribution in [1.29, 1.82) is 0 Å². The zero-order valence-corrected chi connectivity index (χ0v) is 11.9. The van der Waals surface area contributed by atoms with E-state index in [2.05, 4.69) is 34.3 Å². The minimum Gasteiger partial charge on any atom is -0.495 e. The molecule has 0 spiro atoms. The van der Waals surface area contributed by atoms with E-state index in [1.54, 1.807) is 7.11 Å². The predicted molar refractivity (Wildman–Crippen MR) is 79.5 cm³/mol. The lowest BCUT2D eigenvalue weighted by molar-refractivity contribution is 0.311. The quantitative estimate of drug-likeness (QED) is 0.878. The number of piperazine rings is 1. The molecule has 1 saturated heterocycles. The van der Waals surface area contributed by atoms with Crippen molar-refractivity contribution in [1.82, 2.24) is 4.90 Å². The van der Waals surface area contributed by atoms with Gasteiger partial charge in [0.1, 0.15) is 5.75 Å². The van der Waals surface area contributed by atoms with Crippen molar-refractivity contribution in [3.8, 4) is 5.75 Å². The van der Waals surface area contributed by atoms with Crippen LogP contribution in [0.2, 0.25) is 0 Å². The Hall–Kier alpha value is -1.42. The number of benzene rings is 1. The lowest BCUT2D eigenvalue weighted by atomic mass is 10.0. The van der Waals surface area contributed by atoms with Crippen LogP contribution in [0.4, 0.5) is 11.4 Å². The van der Waals surface area contributed by atoms with Crippen molar-refractivity contribution < 1.29 is 4.74 Å². The van der Waals surface area contributed by atoms with Gasteiger partial charge in [-0.1, -0.05) is 0 Å². The number of nitrogens with one attached hydrogen (secondary N) is 1. The van der Waals surface area contributed by atoms with Gasteiger partial charge in [0.2, 0.25) is 0 Å². The Morgan fingerprint density at radius 2 is 1.95 bits per heavy atom. The van der Waals surface area contributed by atoms with E-state index < -0.39 is 0 Å². The summed E-state index contributed by atoms with van der Waals surface area (Å²) >= 11 is 0. The molecule has 2 aliphatic rings. The SMILES string of the molecule is COc1cc2c(cc1N1CCN(C)CC1)CCCN2. The third kappa shape index (κ3) is 2.50. The van der Waals surface area contributed by atoms with E-state index in [1.807, 2.05) is 0 Å². The second-order valence-electron chi connectivity index (χ2n) is 5.50. The molecular weight excluding hydrogens is 238 g/mol. The van der Waals surface area contributed by atoms with Crippen LogP contribution in [-0.2, 0) is 6.42 Å². The number of hydrogen-bond donors (Lipinski definition) is 1. The topological polar surface area (TPSA) is 27.7 Å². The summed E-state index contributed by atoms with van der Waals surface area (Å²) in [5, 5.41) is 3.47. The van der Waals surface area contributed by atoms with Crippen molar-refractivity contribution in [3.63, 3.8) is 0 Å². The second-order valence-corrected chi connectivity index (χ2v) is 5.50. The first-order valence-corrected chi connectivity index (χ1v) is 7.16. The van der Waals surface area contributed by atoms with Gasteiger partial charge < -0.3 is 19.9 Å². The van der Waals surface area contributed by atoms with Gasteiger partial charge in [0.05, 0.1) is 12.8 Å². The number of anilines is 2. The molecule has 2 aliphatic heterocycles. The van der Waals surface area contributed by atoms with Gasteiger partial charge in [0.25, 0.3) is 0 Å². The highest BCUT2D eigenvalue weighted by Crippen LogP contribution is 2.36. The number of aryl methyl sites for hydroxylation is 1. The molecule has 0 bridgehead atoms. The van der Waals surface area contributed by atoms with Crippen molar-refractivity contribution in [2.24, 2.45) is 0 Å². The summed E-state index contributed by atoms with van der Waals surface area (Å²) in [4.78, 5) is 4.83. The summed E-state index contributed by atoms with van der Waals surface area (Å²) in [5.74, 6) is 0.998. The molecule has 1 aromatic rings. The molecule has 0 aromatic heterocycles. The molecule has 0 saturated carbocycles.